The van der Waals surface area contributed by atoms with Crippen molar-refractivity contribution in [2.24, 2.45) is 0 Å². The van der Waals surface area contributed by atoms with Crippen LogP contribution >= 0.6 is 11.3 Å². The van der Waals surface area contributed by atoms with Gasteiger partial charge in [0.05, 0.1) is 0 Å². The Balaban J connectivity index is 1.83. The van der Waals surface area contributed by atoms with Gasteiger partial charge in [0.2, 0.25) is 0 Å². The number of carbonyl (C=O) groups excluding carboxylic acids is 1. The molecule has 1 atom stereocenters. The first-order valence-electron chi connectivity index (χ1n) is 5.83. The van der Waals surface area contributed by atoms with Gasteiger partial charge in [-0.3, -0.25) is 0 Å². The van der Waals surface area contributed by atoms with Crippen LogP contribution < -0.4 is 0 Å². The summed E-state index contributed by atoms with van der Waals surface area (Å²) in [5.74, 6) is -0.197. The molecule has 2 heterocycles. The van der Waals surface area contributed by atoms with Crippen molar-refractivity contribution in [1.29, 1.82) is 0 Å². The maximum atomic E-state index is 11.8. The lowest BCUT2D eigenvalue weighted by atomic mass is 10.0. The number of thiophene rings is 1. The number of hydrogen-bond donors (Lipinski definition) is 0. The smallest absolute Gasteiger partial charge is 0.334 e. The second-order valence-corrected chi connectivity index (χ2v) is 5.17. The monoisotopic (exact) mass is 256 g/mol. The number of rotatable bonds is 2. The van der Waals surface area contributed by atoms with E-state index in [4.69, 9.17) is 4.74 Å². The van der Waals surface area contributed by atoms with Gasteiger partial charge in [-0.05, 0) is 23.1 Å². The molecule has 0 saturated carbocycles. The van der Waals surface area contributed by atoms with Gasteiger partial charge in [-0.15, -0.1) is 11.3 Å². The van der Waals surface area contributed by atoms with Crippen LogP contribution in [0.5, 0.6) is 0 Å². The zero-order chi connectivity index (χ0) is 12.4. The van der Waals surface area contributed by atoms with Gasteiger partial charge >= 0.3 is 5.97 Å². The van der Waals surface area contributed by atoms with E-state index < -0.39 is 0 Å². The Morgan fingerprint density at radius 2 is 2.00 bits per heavy atom. The maximum absolute atomic E-state index is 11.8. The molecule has 1 unspecified atom stereocenters. The topological polar surface area (TPSA) is 26.3 Å². The highest BCUT2D eigenvalue weighted by Gasteiger charge is 2.29. The van der Waals surface area contributed by atoms with Crippen LogP contribution in [0.1, 0.15) is 23.0 Å². The van der Waals surface area contributed by atoms with Crippen LogP contribution in [0.4, 0.5) is 0 Å². The lowest BCUT2D eigenvalue weighted by molar-refractivity contribution is -0.139. The Morgan fingerprint density at radius 1 is 1.17 bits per heavy atom. The molecule has 1 aliphatic heterocycles. The van der Waals surface area contributed by atoms with E-state index >= 15 is 0 Å². The second kappa shape index (κ2) is 4.78. The van der Waals surface area contributed by atoms with Gasteiger partial charge in [-0.2, -0.15) is 0 Å². The standard InChI is InChI=1S/C15H12O2S/c16-15-12(9-13-7-4-8-18-13)10-14(17-15)11-5-2-1-3-6-11/h1-9,14H,10H2/b12-9-. The lowest BCUT2D eigenvalue weighted by Crippen LogP contribution is -1.98. The van der Waals surface area contributed by atoms with Crippen LogP contribution in [0.15, 0.2) is 53.4 Å². The van der Waals surface area contributed by atoms with Gasteiger partial charge in [0.15, 0.2) is 0 Å². The van der Waals surface area contributed by atoms with Gasteiger partial charge in [0.1, 0.15) is 6.10 Å². The fraction of sp³-hybridized carbons (Fsp3) is 0.133. The molecule has 2 nitrogen and oxygen atoms in total. The molecule has 3 heteroatoms. The minimum absolute atomic E-state index is 0.134. The molecule has 1 saturated heterocycles. The Labute approximate surface area is 110 Å². The number of esters is 1. The van der Waals surface area contributed by atoms with Gasteiger partial charge in [0, 0.05) is 16.9 Å². The first-order chi connectivity index (χ1) is 8.83. The van der Waals surface area contributed by atoms with E-state index in [-0.39, 0.29) is 12.1 Å². The fourth-order valence-electron chi connectivity index (χ4n) is 2.05. The quantitative estimate of drug-likeness (QED) is 0.603. The third kappa shape index (κ3) is 2.22. The number of benzene rings is 1. The van der Waals surface area contributed by atoms with E-state index in [1.807, 2.05) is 53.9 Å². The second-order valence-electron chi connectivity index (χ2n) is 4.19. The summed E-state index contributed by atoms with van der Waals surface area (Å²) < 4.78 is 5.41. The number of hydrogen-bond acceptors (Lipinski definition) is 3. The van der Waals surface area contributed by atoms with Crippen molar-refractivity contribution in [1.82, 2.24) is 0 Å². The summed E-state index contributed by atoms with van der Waals surface area (Å²) in [4.78, 5) is 12.9. The number of carbonyl (C=O) groups is 1. The summed E-state index contributed by atoms with van der Waals surface area (Å²) in [6.45, 7) is 0. The third-order valence-electron chi connectivity index (χ3n) is 2.95. The minimum atomic E-state index is -0.197. The van der Waals surface area contributed by atoms with E-state index in [2.05, 4.69) is 0 Å². The third-order valence-corrected chi connectivity index (χ3v) is 3.77. The summed E-state index contributed by atoms with van der Waals surface area (Å²) in [6, 6.07) is 13.8. The SMILES string of the molecule is O=C1OC(c2ccccc2)C/C1=C/c1cccs1. The van der Waals surface area contributed by atoms with Crippen molar-refractivity contribution in [2.75, 3.05) is 0 Å². The average Bonchev–Trinajstić information content (AvgIpc) is 3.02. The van der Waals surface area contributed by atoms with Crippen molar-refractivity contribution >= 4 is 23.4 Å². The van der Waals surface area contributed by atoms with Crippen molar-refractivity contribution < 1.29 is 9.53 Å². The molecular formula is C15H12O2S. The Bertz CT molecular complexity index is 570. The highest BCUT2D eigenvalue weighted by Crippen LogP contribution is 2.34. The molecule has 0 radical (unpaired) electrons. The van der Waals surface area contributed by atoms with E-state index in [0.29, 0.717) is 6.42 Å². The maximum Gasteiger partial charge on any atom is 0.334 e. The molecule has 1 fully saturated rings. The van der Waals surface area contributed by atoms with Gasteiger partial charge in [-0.25, -0.2) is 4.79 Å². The molecule has 0 spiro atoms. The number of ether oxygens (including phenoxy) is 1. The highest BCUT2D eigenvalue weighted by atomic mass is 32.1. The molecule has 2 aromatic rings. The molecular weight excluding hydrogens is 244 g/mol. The van der Waals surface area contributed by atoms with Crippen LogP contribution in [-0.2, 0) is 9.53 Å². The van der Waals surface area contributed by atoms with Crippen LogP contribution in [0.25, 0.3) is 6.08 Å². The van der Waals surface area contributed by atoms with E-state index in [1.54, 1.807) is 11.3 Å². The molecule has 18 heavy (non-hydrogen) atoms. The Kier molecular flexibility index (Phi) is 2.99. The van der Waals surface area contributed by atoms with Crippen molar-refractivity contribution in [2.45, 2.75) is 12.5 Å². The first-order valence-corrected chi connectivity index (χ1v) is 6.71. The van der Waals surface area contributed by atoms with Gasteiger partial charge in [-0.1, -0.05) is 36.4 Å². The molecule has 1 aromatic heterocycles. The predicted octanol–water partition coefficient (Wildman–Crippen LogP) is 3.82. The summed E-state index contributed by atoms with van der Waals surface area (Å²) >= 11 is 1.62. The zero-order valence-corrected chi connectivity index (χ0v) is 10.5. The highest BCUT2D eigenvalue weighted by molar-refractivity contribution is 7.10. The summed E-state index contributed by atoms with van der Waals surface area (Å²) in [5, 5.41) is 2.00. The van der Waals surface area contributed by atoms with Crippen molar-refractivity contribution in [3.8, 4) is 0 Å². The number of cyclic esters (lactones) is 1. The normalized spacial score (nSPS) is 21.2. The van der Waals surface area contributed by atoms with Gasteiger partial charge in [0.25, 0.3) is 0 Å². The van der Waals surface area contributed by atoms with E-state index in [0.717, 1.165) is 16.0 Å². The summed E-state index contributed by atoms with van der Waals surface area (Å²) in [5.41, 5.74) is 1.81. The average molecular weight is 256 g/mol. The van der Waals surface area contributed by atoms with Gasteiger partial charge < -0.3 is 4.74 Å². The largest absolute Gasteiger partial charge is 0.454 e. The molecule has 0 aliphatic carbocycles. The fourth-order valence-corrected chi connectivity index (χ4v) is 2.73. The Morgan fingerprint density at radius 3 is 2.72 bits per heavy atom. The minimum Gasteiger partial charge on any atom is -0.454 e. The van der Waals surface area contributed by atoms with E-state index in [9.17, 15) is 4.79 Å². The molecule has 0 N–H and O–H groups in total. The zero-order valence-electron chi connectivity index (χ0n) is 9.71. The molecule has 0 amide bonds. The predicted molar refractivity (Wildman–Crippen MR) is 72.2 cm³/mol. The molecule has 1 aromatic carbocycles. The lowest BCUT2D eigenvalue weighted by Gasteiger charge is -2.07. The first kappa shape index (κ1) is 11.2. The Hall–Kier alpha value is -1.87. The van der Waals surface area contributed by atoms with Crippen molar-refractivity contribution in [3.63, 3.8) is 0 Å². The van der Waals surface area contributed by atoms with Crippen LogP contribution in [0.2, 0.25) is 0 Å². The van der Waals surface area contributed by atoms with Crippen molar-refractivity contribution in [3.05, 3.63) is 63.9 Å². The van der Waals surface area contributed by atoms with Crippen LogP contribution in [0.3, 0.4) is 0 Å². The van der Waals surface area contributed by atoms with Crippen LogP contribution in [0, 0.1) is 0 Å². The van der Waals surface area contributed by atoms with E-state index in [1.165, 1.54) is 0 Å². The summed E-state index contributed by atoms with van der Waals surface area (Å²) in [6.07, 6.45) is 2.45. The van der Waals surface area contributed by atoms with Crippen LogP contribution in [-0.4, -0.2) is 5.97 Å². The molecule has 3 rings (SSSR count). The molecule has 0 bridgehead atoms. The summed E-state index contributed by atoms with van der Waals surface area (Å²) in [7, 11) is 0. The molecule has 1 aliphatic rings. The molecule has 90 valence electrons.